The molecule has 1 N–H and O–H groups in total. The predicted molar refractivity (Wildman–Crippen MR) is 147 cm³/mol. The molecule has 0 aromatic heterocycles. The maximum absolute atomic E-state index is 12.6. The summed E-state index contributed by atoms with van der Waals surface area (Å²) >= 11 is 0. The third kappa shape index (κ3) is 6.28. The van der Waals surface area contributed by atoms with E-state index < -0.39 is 31.6 Å². The summed E-state index contributed by atoms with van der Waals surface area (Å²) in [5, 5.41) is 13.5. The smallest absolute Gasteiger partial charge is 0.314 e. The van der Waals surface area contributed by atoms with Gasteiger partial charge in [0, 0.05) is 12.5 Å². The highest BCUT2D eigenvalue weighted by molar-refractivity contribution is 6.99. The minimum Gasteiger partial charge on any atom is -0.460 e. The Bertz CT molecular complexity index is 956. The molecular formula is C30H44O5Si. The van der Waals surface area contributed by atoms with Crippen LogP contribution in [0.2, 0.25) is 5.04 Å². The fraction of sp³-hybridized carbons (Fsp3) is 0.567. The molecule has 0 amide bonds. The molecule has 1 saturated heterocycles. The van der Waals surface area contributed by atoms with Crippen LogP contribution in [-0.2, 0) is 18.7 Å². The Morgan fingerprint density at radius 3 is 1.94 bits per heavy atom. The molecule has 1 fully saturated rings. The van der Waals surface area contributed by atoms with Gasteiger partial charge in [-0.25, -0.2) is 0 Å². The Morgan fingerprint density at radius 2 is 1.50 bits per heavy atom. The summed E-state index contributed by atoms with van der Waals surface area (Å²) in [6.45, 7) is 16.0. The highest BCUT2D eigenvalue weighted by atomic mass is 28.4. The topological polar surface area (TPSA) is 65.0 Å². The summed E-state index contributed by atoms with van der Waals surface area (Å²) in [7, 11) is -2.68. The molecular weight excluding hydrogens is 468 g/mol. The standard InChI is InChI=1S/C30H44O5Si/c1-22(21-24-19-20-30(32,33-24)23(2)27(31)34-28(3,4)5)35-36(29(6,7)8,25-15-11-9-12-16-25)26-17-13-10-14-18-26/h9-18,22-24,32H,19-21H2,1-8H3. The van der Waals surface area contributed by atoms with E-state index in [1.807, 2.05) is 32.9 Å². The Kier molecular flexibility index (Phi) is 8.56. The molecule has 36 heavy (non-hydrogen) atoms. The number of carbonyl (C=O) groups is 1. The molecule has 1 heterocycles. The molecule has 0 aliphatic carbocycles. The van der Waals surface area contributed by atoms with E-state index >= 15 is 0 Å². The van der Waals surface area contributed by atoms with Crippen molar-refractivity contribution in [3.05, 3.63) is 60.7 Å². The van der Waals surface area contributed by atoms with Crippen LogP contribution in [0.4, 0.5) is 0 Å². The Hall–Kier alpha value is -1.99. The van der Waals surface area contributed by atoms with Crippen molar-refractivity contribution in [3.63, 3.8) is 0 Å². The molecule has 2 aromatic rings. The number of aliphatic hydroxyl groups is 1. The molecule has 2 aromatic carbocycles. The van der Waals surface area contributed by atoms with Crippen LogP contribution < -0.4 is 10.4 Å². The molecule has 0 radical (unpaired) electrons. The summed E-state index contributed by atoms with van der Waals surface area (Å²) in [6, 6.07) is 21.1. The van der Waals surface area contributed by atoms with Crippen LogP contribution in [0.15, 0.2) is 60.7 Å². The first kappa shape index (κ1) is 28.6. The van der Waals surface area contributed by atoms with E-state index in [0.717, 1.165) is 0 Å². The molecule has 0 spiro atoms. The first-order chi connectivity index (χ1) is 16.7. The number of esters is 1. The quantitative estimate of drug-likeness (QED) is 0.390. The van der Waals surface area contributed by atoms with E-state index in [2.05, 4.69) is 76.2 Å². The van der Waals surface area contributed by atoms with Gasteiger partial charge in [0.1, 0.15) is 11.5 Å². The number of benzene rings is 2. The van der Waals surface area contributed by atoms with Crippen LogP contribution in [0.5, 0.6) is 0 Å². The average Bonchev–Trinajstić information content (AvgIpc) is 3.17. The zero-order valence-electron chi connectivity index (χ0n) is 23.2. The van der Waals surface area contributed by atoms with E-state index in [4.69, 9.17) is 13.9 Å². The molecule has 198 valence electrons. The van der Waals surface area contributed by atoms with E-state index in [0.29, 0.717) is 19.3 Å². The number of carbonyl (C=O) groups excluding carboxylic acids is 1. The second-order valence-corrected chi connectivity index (χ2v) is 16.5. The minimum absolute atomic E-state index is 0.111. The number of ether oxygens (including phenoxy) is 2. The molecule has 1 aliphatic heterocycles. The molecule has 0 saturated carbocycles. The van der Waals surface area contributed by atoms with Crippen LogP contribution >= 0.6 is 0 Å². The summed E-state index contributed by atoms with van der Waals surface area (Å²) in [6.07, 6.45) is 1.38. The van der Waals surface area contributed by atoms with Gasteiger partial charge in [0.25, 0.3) is 8.32 Å². The van der Waals surface area contributed by atoms with E-state index in [9.17, 15) is 9.90 Å². The molecule has 4 atom stereocenters. The lowest BCUT2D eigenvalue weighted by atomic mass is 9.97. The average molecular weight is 513 g/mol. The van der Waals surface area contributed by atoms with Gasteiger partial charge in [0.15, 0.2) is 5.79 Å². The fourth-order valence-electron chi connectivity index (χ4n) is 5.24. The Morgan fingerprint density at radius 1 is 1.00 bits per heavy atom. The van der Waals surface area contributed by atoms with Gasteiger partial charge in [0.05, 0.1) is 6.10 Å². The molecule has 1 aliphatic rings. The SMILES string of the molecule is CC(CC1CCC(O)(C(C)C(=O)OC(C)(C)C)O1)O[Si](c1ccccc1)(c1ccccc1)C(C)(C)C. The van der Waals surface area contributed by atoms with Gasteiger partial charge in [-0.3, -0.25) is 4.79 Å². The number of hydrogen-bond donors (Lipinski definition) is 1. The maximum atomic E-state index is 12.6. The summed E-state index contributed by atoms with van der Waals surface area (Å²) in [5.41, 5.74) is -0.613. The molecule has 3 rings (SSSR count). The summed E-state index contributed by atoms with van der Waals surface area (Å²) in [4.78, 5) is 12.6. The van der Waals surface area contributed by atoms with Crippen molar-refractivity contribution >= 4 is 24.7 Å². The van der Waals surface area contributed by atoms with Crippen molar-refractivity contribution in [2.45, 2.75) is 103 Å². The highest BCUT2D eigenvalue weighted by Gasteiger charge is 2.52. The van der Waals surface area contributed by atoms with Crippen LogP contribution in [0, 0.1) is 5.92 Å². The van der Waals surface area contributed by atoms with Gasteiger partial charge in [0.2, 0.25) is 0 Å². The van der Waals surface area contributed by atoms with Crippen LogP contribution in [0.25, 0.3) is 0 Å². The van der Waals surface area contributed by atoms with Crippen molar-refractivity contribution in [2.24, 2.45) is 5.92 Å². The summed E-state index contributed by atoms with van der Waals surface area (Å²) in [5.74, 6) is -2.73. The second kappa shape index (κ2) is 10.8. The van der Waals surface area contributed by atoms with Gasteiger partial charge < -0.3 is 19.0 Å². The lowest BCUT2D eigenvalue weighted by Crippen LogP contribution is -2.67. The number of hydrogen-bond acceptors (Lipinski definition) is 5. The van der Waals surface area contributed by atoms with Crippen molar-refractivity contribution < 1.29 is 23.8 Å². The molecule has 4 unspecified atom stereocenters. The fourth-order valence-corrected chi connectivity index (χ4v) is 9.96. The lowest BCUT2D eigenvalue weighted by molar-refractivity contribution is -0.233. The Labute approximate surface area is 218 Å². The van der Waals surface area contributed by atoms with Gasteiger partial charge in [-0.15, -0.1) is 0 Å². The monoisotopic (exact) mass is 512 g/mol. The van der Waals surface area contributed by atoms with E-state index in [1.165, 1.54) is 10.4 Å². The van der Waals surface area contributed by atoms with E-state index in [1.54, 1.807) is 6.92 Å². The minimum atomic E-state index is -2.68. The molecule has 0 bridgehead atoms. The van der Waals surface area contributed by atoms with Crippen molar-refractivity contribution in [1.29, 1.82) is 0 Å². The third-order valence-corrected chi connectivity index (χ3v) is 12.2. The van der Waals surface area contributed by atoms with Gasteiger partial charge >= 0.3 is 5.97 Å². The van der Waals surface area contributed by atoms with Crippen molar-refractivity contribution in [1.82, 2.24) is 0 Å². The normalized spacial score (nSPS) is 22.8. The van der Waals surface area contributed by atoms with Crippen LogP contribution in [0.1, 0.15) is 74.7 Å². The van der Waals surface area contributed by atoms with Gasteiger partial charge in [-0.1, -0.05) is 81.4 Å². The first-order valence-corrected chi connectivity index (χ1v) is 15.0. The first-order valence-electron chi connectivity index (χ1n) is 13.1. The zero-order valence-corrected chi connectivity index (χ0v) is 24.2. The van der Waals surface area contributed by atoms with E-state index in [-0.39, 0.29) is 17.2 Å². The second-order valence-electron chi connectivity index (χ2n) is 12.2. The van der Waals surface area contributed by atoms with Gasteiger partial charge in [-0.05, 0) is 62.9 Å². The van der Waals surface area contributed by atoms with Crippen LogP contribution in [-0.4, -0.2) is 43.0 Å². The predicted octanol–water partition coefficient (Wildman–Crippen LogP) is 5.19. The van der Waals surface area contributed by atoms with Crippen LogP contribution in [0.3, 0.4) is 0 Å². The largest absolute Gasteiger partial charge is 0.460 e. The lowest BCUT2D eigenvalue weighted by Gasteiger charge is -2.45. The number of rotatable bonds is 8. The van der Waals surface area contributed by atoms with Crippen molar-refractivity contribution in [2.75, 3.05) is 0 Å². The maximum Gasteiger partial charge on any atom is 0.314 e. The Balaban J connectivity index is 1.81. The third-order valence-electron chi connectivity index (χ3n) is 7.02. The van der Waals surface area contributed by atoms with Gasteiger partial charge in [-0.2, -0.15) is 0 Å². The zero-order chi connectivity index (χ0) is 26.8. The van der Waals surface area contributed by atoms with Crippen molar-refractivity contribution in [3.8, 4) is 0 Å². The highest BCUT2D eigenvalue weighted by Crippen LogP contribution is 2.40. The molecule has 6 heteroatoms. The summed E-state index contributed by atoms with van der Waals surface area (Å²) < 4.78 is 18.8. The molecule has 5 nitrogen and oxygen atoms in total.